The predicted molar refractivity (Wildman–Crippen MR) is 327 cm³/mol. The molecule has 0 spiro atoms. The summed E-state index contributed by atoms with van der Waals surface area (Å²) in [6.07, 6.45) is 0. The fourth-order valence-corrected chi connectivity index (χ4v) is 10.5. The molecule has 0 radical (unpaired) electrons. The van der Waals surface area contributed by atoms with Crippen molar-refractivity contribution < 1.29 is 64.8 Å². The molecule has 0 bridgehead atoms. The first-order chi connectivity index (χ1) is 36.5. The van der Waals surface area contributed by atoms with Crippen molar-refractivity contribution in [3.63, 3.8) is 0 Å². The van der Waals surface area contributed by atoms with Crippen LogP contribution in [0, 0.1) is 83.1 Å². The van der Waals surface area contributed by atoms with Gasteiger partial charge in [-0.05, 0) is 27.7 Å². The van der Waals surface area contributed by atoms with Crippen molar-refractivity contribution >= 4 is 50.7 Å². The fraction of sp³-hybridized carbons (Fsp3) is 0.162. The molecule has 0 aromatic heterocycles. The van der Waals surface area contributed by atoms with Gasteiger partial charge in [0.2, 0.25) is 0 Å². The van der Waals surface area contributed by atoms with E-state index in [1.807, 2.05) is 24.3 Å². The quantitative estimate of drug-likeness (QED) is 0.122. The predicted octanol–water partition coefficient (Wildman–Crippen LogP) is 13.5. The van der Waals surface area contributed by atoms with Gasteiger partial charge in [-0.25, -0.2) is 0 Å². The van der Waals surface area contributed by atoms with Crippen LogP contribution in [0.25, 0.3) is 43.1 Å². The fourth-order valence-electron chi connectivity index (χ4n) is 9.45. The van der Waals surface area contributed by atoms with E-state index < -0.39 is 0 Å². The second-order valence-corrected chi connectivity index (χ2v) is 21.9. The van der Waals surface area contributed by atoms with Gasteiger partial charge in [-0.2, -0.15) is 22.3 Å². The van der Waals surface area contributed by atoms with Gasteiger partial charge in [0.15, 0.2) is 0 Å². The van der Waals surface area contributed by atoms with E-state index in [4.69, 9.17) is 0 Å². The first-order valence-corrected chi connectivity index (χ1v) is 28.0. The SMILES string of the molecule is Cc1ccc2[cH-]c(C)c(C)c2c1.Cc1ccc2[cH-]c(C)c(C)c2c1.Cc1ccc2[cH-]c(C)c(C)c2c1.Cc1ccc2[cH-]c(C)c(C)c2c1.[Cl-].[Cl-].[Ti+2]=[C](c1ccccc1)c1ccccc1.[Ti+2]=[C](c1ccccc1)c1ccccc1. The summed E-state index contributed by atoms with van der Waals surface area (Å²) in [5.74, 6) is 0. The molecule has 0 saturated carbocycles. The van der Waals surface area contributed by atoms with Crippen LogP contribution in [0.2, 0.25) is 0 Å². The van der Waals surface area contributed by atoms with E-state index in [2.05, 4.69) is 317 Å². The van der Waals surface area contributed by atoms with Crippen LogP contribution in [0.3, 0.4) is 0 Å². The Hall–Kier alpha value is -6.05. The molecule has 0 aliphatic heterocycles. The molecule has 0 heterocycles. The Labute approximate surface area is 501 Å². The average Bonchev–Trinajstić information content (AvgIpc) is 4.11. The van der Waals surface area contributed by atoms with Gasteiger partial charge in [0, 0.05) is 0 Å². The van der Waals surface area contributed by atoms with Crippen LogP contribution < -0.4 is 24.8 Å². The summed E-state index contributed by atoms with van der Waals surface area (Å²) in [5.41, 5.74) is 21.8. The summed E-state index contributed by atoms with van der Waals surface area (Å²) in [4.78, 5) is 0. The second-order valence-electron chi connectivity index (χ2n) is 20.4. The van der Waals surface area contributed by atoms with Gasteiger partial charge in [-0.15, -0.1) is 162 Å². The summed E-state index contributed by atoms with van der Waals surface area (Å²) in [6.45, 7) is 26.0. The van der Waals surface area contributed by atoms with Crippen LogP contribution in [0.5, 0.6) is 0 Å². The Kier molecular flexibility index (Phi) is 24.0. The monoisotopic (exact) mass is 1130 g/mol. The van der Waals surface area contributed by atoms with Crippen molar-refractivity contribution in [3.8, 4) is 0 Å². The van der Waals surface area contributed by atoms with Crippen molar-refractivity contribution in [2.24, 2.45) is 0 Å². The minimum atomic E-state index is 0. The third-order valence-electron chi connectivity index (χ3n) is 14.6. The van der Waals surface area contributed by atoms with E-state index in [9.17, 15) is 0 Å². The zero-order valence-electron chi connectivity index (χ0n) is 47.5. The standard InChI is InChI=1S/2C13H10.4C12H13.2ClH.2Ti/c2*1-3-7-12(8-4-1)11-13-9-5-2-6-10-13;4*1-8-4-5-11-7-9(2)10(3)12(11)6-8;;;;/h2*1-10H;4*4-7H,1-3H3;2*1H;;/q;;4*-1;;;2*+2/p-2. The van der Waals surface area contributed by atoms with Gasteiger partial charge < -0.3 is 24.8 Å². The van der Waals surface area contributed by atoms with E-state index in [1.54, 1.807) is 0 Å². The molecule has 0 unspecified atom stereocenters. The summed E-state index contributed by atoms with van der Waals surface area (Å²) < 4.78 is 2.65. The molecule has 0 amide bonds. The van der Waals surface area contributed by atoms with E-state index in [-0.39, 0.29) is 24.8 Å². The first kappa shape index (κ1) is 62.8. The number of rotatable bonds is 4. The summed E-state index contributed by atoms with van der Waals surface area (Å²) in [5, 5.41) is 11.1. The molecule has 0 nitrogen and oxygen atoms in total. The van der Waals surface area contributed by atoms with Gasteiger partial charge in [-0.3, -0.25) is 0 Å². The van der Waals surface area contributed by atoms with Crippen molar-refractivity contribution in [1.29, 1.82) is 0 Å². The number of hydrogen-bond donors (Lipinski definition) is 0. The van der Waals surface area contributed by atoms with Crippen LogP contribution in [0.15, 0.2) is 218 Å². The third-order valence-corrected chi connectivity index (χ3v) is 16.4. The minimum absolute atomic E-state index is 0. The molecule has 0 N–H and O–H groups in total. The van der Waals surface area contributed by atoms with Crippen molar-refractivity contribution in [1.82, 2.24) is 0 Å². The van der Waals surface area contributed by atoms with Crippen LogP contribution in [0.1, 0.15) is 89.0 Å². The maximum atomic E-state index is 2.26. The molecule has 0 fully saturated rings. The van der Waals surface area contributed by atoms with E-state index in [1.165, 1.54) is 140 Å². The first-order valence-electron chi connectivity index (χ1n) is 26.4. The molecule has 0 saturated heterocycles. The number of benzene rings is 8. The summed E-state index contributed by atoms with van der Waals surface area (Å²) in [7, 11) is 0. The Balaban J connectivity index is 0.000000172. The second kappa shape index (κ2) is 29.8. The van der Waals surface area contributed by atoms with Gasteiger partial charge >= 0.3 is 191 Å². The number of aryl methyl sites for hydroxylation is 12. The Morgan fingerprint density at radius 3 is 0.615 bits per heavy atom. The molecule has 392 valence electrons. The Morgan fingerprint density at radius 1 is 0.256 bits per heavy atom. The molecule has 12 aromatic rings. The number of halogens is 2. The molecule has 78 heavy (non-hydrogen) atoms. The molecule has 0 aliphatic rings. The average molecular weight is 1130 g/mol. The van der Waals surface area contributed by atoms with Crippen molar-refractivity contribution in [2.75, 3.05) is 0 Å². The molecule has 12 aromatic carbocycles. The van der Waals surface area contributed by atoms with E-state index in [0.717, 1.165) is 0 Å². The molecule has 0 atom stereocenters. The van der Waals surface area contributed by atoms with Crippen molar-refractivity contribution in [3.05, 3.63) is 307 Å². The van der Waals surface area contributed by atoms with Gasteiger partial charge in [0.05, 0.1) is 0 Å². The van der Waals surface area contributed by atoms with E-state index >= 15 is 0 Å². The zero-order valence-corrected chi connectivity index (χ0v) is 52.2. The van der Waals surface area contributed by atoms with Gasteiger partial charge in [-0.1, -0.05) is 77.6 Å². The third kappa shape index (κ3) is 16.5. The van der Waals surface area contributed by atoms with Crippen molar-refractivity contribution in [2.45, 2.75) is 83.1 Å². The van der Waals surface area contributed by atoms with Gasteiger partial charge in [0.1, 0.15) is 0 Å². The normalized spacial score (nSPS) is 10.3. The molecule has 12 rings (SSSR count). The number of fused-ring (bicyclic) bond motifs is 4. The summed E-state index contributed by atoms with van der Waals surface area (Å²) in [6, 6.07) is 77.4. The van der Waals surface area contributed by atoms with E-state index in [0.29, 0.717) is 0 Å². The van der Waals surface area contributed by atoms with Crippen LogP contribution in [-0.2, 0) is 39.9 Å². The van der Waals surface area contributed by atoms with Crippen LogP contribution in [0.4, 0.5) is 0 Å². The molecular weight excluding hydrogens is 1060 g/mol. The van der Waals surface area contributed by atoms with Crippen LogP contribution >= 0.6 is 0 Å². The molecule has 0 aliphatic carbocycles. The molecular formula is C74H72Cl2Ti2-2. The topological polar surface area (TPSA) is 0 Å². The zero-order chi connectivity index (χ0) is 54.5. The summed E-state index contributed by atoms with van der Waals surface area (Å²) >= 11 is 4.31. The number of hydrogen-bond acceptors (Lipinski definition) is 0. The molecule has 4 heteroatoms. The Morgan fingerprint density at radius 2 is 0.436 bits per heavy atom. The van der Waals surface area contributed by atoms with Gasteiger partial charge in [0.25, 0.3) is 0 Å². The van der Waals surface area contributed by atoms with Crippen LogP contribution in [-0.4, -0.2) is 7.62 Å². The maximum absolute atomic E-state index is 2.26. The Bertz CT molecular complexity index is 3340.